The first-order valence-electron chi connectivity index (χ1n) is 6.93. The summed E-state index contributed by atoms with van der Waals surface area (Å²) in [4.78, 5) is 0. The van der Waals surface area contributed by atoms with Crippen LogP contribution in [0.25, 0.3) is 0 Å². The smallest absolute Gasteiger partial charge is 0.142 e. The zero-order valence-electron chi connectivity index (χ0n) is 11.5. The lowest BCUT2D eigenvalue weighted by Gasteiger charge is -2.27. The second kappa shape index (κ2) is 5.88. The van der Waals surface area contributed by atoms with E-state index in [1.807, 2.05) is 12.1 Å². The number of nitrogens with one attached hydrogen (secondary N) is 1. The molecule has 0 saturated heterocycles. The van der Waals surface area contributed by atoms with Crippen molar-refractivity contribution in [3.8, 4) is 5.75 Å². The number of hydrogen-bond donors (Lipinski definition) is 1. The third kappa shape index (κ3) is 2.83. The Morgan fingerprint density at radius 3 is 2.75 bits per heavy atom. The van der Waals surface area contributed by atoms with Gasteiger partial charge in [0.05, 0.1) is 12.8 Å². The van der Waals surface area contributed by atoms with Crippen LogP contribution in [-0.4, -0.2) is 13.2 Å². The van der Waals surface area contributed by atoms with Gasteiger partial charge in [-0.3, -0.25) is 0 Å². The van der Waals surface area contributed by atoms with Crippen LogP contribution >= 0.6 is 15.9 Å². The van der Waals surface area contributed by atoms with E-state index in [2.05, 4.69) is 51.6 Å². The van der Waals surface area contributed by atoms with E-state index in [1.54, 1.807) is 7.11 Å². The topological polar surface area (TPSA) is 21.3 Å². The summed E-state index contributed by atoms with van der Waals surface area (Å²) in [6, 6.07) is 15.3. The Labute approximate surface area is 128 Å². The largest absolute Gasteiger partial charge is 0.495 e. The lowest BCUT2D eigenvalue weighted by molar-refractivity contribution is 0.415. The average molecular weight is 332 g/mol. The maximum atomic E-state index is 5.43. The Balaban J connectivity index is 1.78. The Morgan fingerprint density at radius 2 is 1.95 bits per heavy atom. The number of fused-ring (bicyclic) bond motifs is 1. The molecule has 1 N–H and O–H groups in total. The molecule has 3 rings (SSSR count). The van der Waals surface area contributed by atoms with Crippen molar-refractivity contribution in [1.29, 1.82) is 0 Å². The second-order valence-electron chi connectivity index (χ2n) is 5.20. The van der Waals surface area contributed by atoms with E-state index in [0.29, 0.717) is 6.04 Å². The standard InChI is InChI=1S/C17H18BrNO/c1-20-17-9-7-14(18)11-16(17)19-15-8-6-12-4-2-3-5-13(12)10-15/h2-5,7,9,11,15,19H,6,8,10H2,1H3. The molecule has 1 atom stereocenters. The minimum absolute atomic E-state index is 0.466. The van der Waals surface area contributed by atoms with E-state index in [-0.39, 0.29) is 0 Å². The van der Waals surface area contributed by atoms with Crippen molar-refractivity contribution in [3.63, 3.8) is 0 Å². The van der Waals surface area contributed by atoms with Gasteiger partial charge in [0, 0.05) is 10.5 Å². The number of benzene rings is 2. The highest BCUT2D eigenvalue weighted by atomic mass is 79.9. The monoisotopic (exact) mass is 331 g/mol. The predicted octanol–water partition coefficient (Wildman–Crippen LogP) is 4.43. The Kier molecular flexibility index (Phi) is 3.97. The molecule has 2 aromatic carbocycles. The van der Waals surface area contributed by atoms with Crippen molar-refractivity contribution in [2.24, 2.45) is 0 Å². The third-order valence-corrected chi connectivity index (χ3v) is 4.36. The fourth-order valence-corrected chi connectivity index (χ4v) is 3.19. The first-order chi connectivity index (χ1) is 9.76. The van der Waals surface area contributed by atoms with Crippen molar-refractivity contribution in [2.75, 3.05) is 12.4 Å². The van der Waals surface area contributed by atoms with Crippen LogP contribution in [0.1, 0.15) is 17.5 Å². The summed E-state index contributed by atoms with van der Waals surface area (Å²) in [7, 11) is 1.71. The molecule has 1 aliphatic carbocycles. The lowest BCUT2D eigenvalue weighted by atomic mass is 9.88. The Hall–Kier alpha value is -1.48. The number of rotatable bonds is 3. The number of halogens is 1. The molecule has 1 unspecified atom stereocenters. The van der Waals surface area contributed by atoms with Crippen LogP contribution in [0.2, 0.25) is 0 Å². The van der Waals surface area contributed by atoms with Gasteiger partial charge in [-0.1, -0.05) is 40.2 Å². The molecular formula is C17H18BrNO. The quantitative estimate of drug-likeness (QED) is 0.898. The molecule has 0 aromatic heterocycles. The molecule has 3 heteroatoms. The van der Waals surface area contributed by atoms with E-state index in [1.165, 1.54) is 11.1 Å². The van der Waals surface area contributed by atoms with E-state index in [9.17, 15) is 0 Å². The molecule has 104 valence electrons. The van der Waals surface area contributed by atoms with Crippen LogP contribution in [0.15, 0.2) is 46.9 Å². The molecule has 0 saturated carbocycles. The summed E-state index contributed by atoms with van der Waals surface area (Å²) < 4.78 is 6.49. The summed E-state index contributed by atoms with van der Waals surface area (Å²) >= 11 is 3.52. The minimum atomic E-state index is 0.466. The van der Waals surface area contributed by atoms with Crippen LogP contribution in [0.3, 0.4) is 0 Å². The number of hydrogen-bond acceptors (Lipinski definition) is 2. The van der Waals surface area contributed by atoms with Gasteiger partial charge in [-0.25, -0.2) is 0 Å². The maximum absolute atomic E-state index is 5.43. The summed E-state index contributed by atoms with van der Waals surface area (Å²) in [5, 5.41) is 3.63. The highest BCUT2D eigenvalue weighted by Crippen LogP contribution is 2.31. The number of anilines is 1. The maximum Gasteiger partial charge on any atom is 0.142 e. The van der Waals surface area contributed by atoms with Crippen molar-refractivity contribution >= 4 is 21.6 Å². The molecule has 0 heterocycles. The molecule has 2 aromatic rings. The van der Waals surface area contributed by atoms with Gasteiger partial charge in [-0.2, -0.15) is 0 Å². The lowest BCUT2D eigenvalue weighted by Crippen LogP contribution is -2.27. The summed E-state index contributed by atoms with van der Waals surface area (Å²) in [6.45, 7) is 0. The first kappa shape index (κ1) is 13.5. The Morgan fingerprint density at radius 1 is 1.15 bits per heavy atom. The van der Waals surface area contributed by atoms with Gasteiger partial charge in [0.2, 0.25) is 0 Å². The van der Waals surface area contributed by atoms with E-state index in [0.717, 1.165) is 35.2 Å². The minimum Gasteiger partial charge on any atom is -0.495 e. The fraction of sp³-hybridized carbons (Fsp3) is 0.294. The highest BCUT2D eigenvalue weighted by molar-refractivity contribution is 9.10. The summed E-state index contributed by atoms with van der Waals surface area (Å²) in [5.41, 5.74) is 4.02. The zero-order chi connectivity index (χ0) is 13.9. The molecular weight excluding hydrogens is 314 g/mol. The van der Waals surface area contributed by atoms with Crippen molar-refractivity contribution in [3.05, 3.63) is 58.1 Å². The van der Waals surface area contributed by atoms with Crippen LogP contribution in [0.4, 0.5) is 5.69 Å². The Bertz CT molecular complexity index is 612. The number of ether oxygens (including phenoxy) is 1. The second-order valence-corrected chi connectivity index (χ2v) is 6.11. The molecule has 0 spiro atoms. The number of aryl methyl sites for hydroxylation is 1. The zero-order valence-corrected chi connectivity index (χ0v) is 13.1. The van der Waals surface area contributed by atoms with Crippen LogP contribution in [-0.2, 0) is 12.8 Å². The van der Waals surface area contributed by atoms with Crippen LogP contribution in [0, 0.1) is 0 Å². The highest BCUT2D eigenvalue weighted by Gasteiger charge is 2.19. The van der Waals surface area contributed by atoms with E-state index < -0.39 is 0 Å². The van der Waals surface area contributed by atoms with Gasteiger partial charge >= 0.3 is 0 Å². The summed E-state index contributed by atoms with van der Waals surface area (Å²) in [6.07, 6.45) is 3.38. The van der Waals surface area contributed by atoms with Crippen LogP contribution < -0.4 is 10.1 Å². The normalized spacial score (nSPS) is 17.4. The first-order valence-corrected chi connectivity index (χ1v) is 7.72. The molecule has 20 heavy (non-hydrogen) atoms. The molecule has 2 nitrogen and oxygen atoms in total. The van der Waals surface area contributed by atoms with Crippen LogP contribution in [0.5, 0.6) is 5.75 Å². The molecule has 0 amide bonds. The van der Waals surface area contributed by atoms with Gasteiger partial charge in [-0.15, -0.1) is 0 Å². The molecule has 0 aliphatic heterocycles. The van der Waals surface area contributed by atoms with E-state index >= 15 is 0 Å². The fourth-order valence-electron chi connectivity index (χ4n) is 2.83. The van der Waals surface area contributed by atoms with Gasteiger partial charge in [0.15, 0.2) is 0 Å². The molecule has 1 aliphatic rings. The van der Waals surface area contributed by atoms with Gasteiger partial charge in [0.1, 0.15) is 5.75 Å². The molecule has 0 fully saturated rings. The average Bonchev–Trinajstić information content (AvgIpc) is 2.47. The third-order valence-electron chi connectivity index (χ3n) is 3.87. The molecule has 0 radical (unpaired) electrons. The predicted molar refractivity (Wildman–Crippen MR) is 86.6 cm³/mol. The van der Waals surface area contributed by atoms with Gasteiger partial charge in [0.25, 0.3) is 0 Å². The van der Waals surface area contributed by atoms with Gasteiger partial charge < -0.3 is 10.1 Å². The van der Waals surface area contributed by atoms with Gasteiger partial charge in [-0.05, 0) is 48.6 Å². The van der Waals surface area contributed by atoms with Crippen molar-refractivity contribution < 1.29 is 4.74 Å². The summed E-state index contributed by atoms with van der Waals surface area (Å²) in [5.74, 6) is 0.895. The SMILES string of the molecule is COc1ccc(Br)cc1NC1CCc2ccccc2C1. The van der Waals surface area contributed by atoms with Crippen molar-refractivity contribution in [1.82, 2.24) is 0 Å². The van der Waals surface area contributed by atoms with E-state index in [4.69, 9.17) is 4.74 Å². The number of methoxy groups -OCH3 is 1. The molecule has 0 bridgehead atoms. The van der Waals surface area contributed by atoms with Crippen molar-refractivity contribution in [2.45, 2.75) is 25.3 Å².